The average Bonchev–Trinajstić information content (AvgIpc) is 3.67. The SMILES string of the molecule is CCCCCCCCNC(=O)O[C@H]1[C@H](O)[C@H](OCC23C4C=C(C(C)C)C2(C(=O)O)C(C=O)(C4)[C@@H]2CC[C@@H](C)[C@H]23)O[C@H](C)[C@H]1OC. The molecule has 0 aromatic carbocycles. The van der Waals surface area contributed by atoms with Gasteiger partial charge in [0.15, 0.2) is 12.4 Å². The first-order chi connectivity index (χ1) is 21.5. The van der Waals surface area contributed by atoms with Crippen molar-refractivity contribution < 1.29 is 43.5 Å². The molecule has 3 N–H and O–H groups in total. The first-order valence-electron chi connectivity index (χ1n) is 17.3. The number of alkyl carbamates (subject to hydrolysis) is 1. The van der Waals surface area contributed by atoms with Crippen LogP contribution in [0.15, 0.2) is 11.6 Å². The molecule has 1 heterocycles. The Morgan fingerprint density at radius 3 is 2.49 bits per heavy atom. The summed E-state index contributed by atoms with van der Waals surface area (Å²) in [6, 6.07) is 0. The Morgan fingerprint density at radius 2 is 1.84 bits per heavy atom. The minimum Gasteiger partial charge on any atom is -0.481 e. The monoisotopic (exact) mass is 633 g/mol. The smallest absolute Gasteiger partial charge is 0.407 e. The van der Waals surface area contributed by atoms with Gasteiger partial charge in [-0.3, -0.25) is 4.79 Å². The average molecular weight is 634 g/mol. The highest BCUT2D eigenvalue weighted by Crippen LogP contribution is 2.87. The summed E-state index contributed by atoms with van der Waals surface area (Å²) in [5.41, 5.74) is -2.40. The summed E-state index contributed by atoms with van der Waals surface area (Å²) in [5.74, 6) is -0.977. The van der Waals surface area contributed by atoms with Gasteiger partial charge in [0.1, 0.15) is 23.9 Å². The minimum atomic E-state index is -1.38. The van der Waals surface area contributed by atoms with Crippen molar-refractivity contribution in [3.05, 3.63) is 11.6 Å². The number of amides is 1. The van der Waals surface area contributed by atoms with Crippen molar-refractivity contribution in [2.45, 2.75) is 123 Å². The van der Waals surface area contributed by atoms with E-state index in [-0.39, 0.29) is 36.2 Å². The van der Waals surface area contributed by atoms with Crippen molar-refractivity contribution in [3.8, 4) is 0 Å². The van der Waals surface area contributed by atoms with Crippen molar-refractivity contribution in [3.63, 3.8) is 0 Å². The molecule has 12 atom stereocenters. The number of rotatable bonds is 15. The van der Waals surface area contributed by atoms with Crippen LogP contribution in [0.25, 0.3) is 0 Å². The van der Waals surface area contributed by atoms with Gasteiger partial charge in [0.05, 0.1) is 18.1 Å². The van der Waals surface area contributed by atoms with E-state index in [1.54, 1.807) is 6.92 Å². The Morgan fingerprint density at radius 1 is 1.13 bits per heavy atom. The largest absolute Gasteiger partial charge is 0.481 e. The number of carbonyl (C=O) groups excluding carboxylic acids is 2. The van der Waals surface area contributed by atoms with Crippen molar-refractivity contribution in [1.82, 2.24) is 5.32 Å². The van der Waals surface area contributed by atoms with E-state index in [0.29, 0.717) is 13.0 Å². The van der Waals surface area contributed by atoms with Gasteiger partial charge in [0.2, 0.25) is 0 Å². The molecule has 3 saturated carbocycles. The number of carbonyl (C=O) groups is 3. The van der Waals surface area contributed by atoms with E-state index in [4.69, 9.17) is 18.9 Å². The van der Waals surface area contributed by atoms with Crippen molar-refractivity contribution >= 4 is 18.3 Å². The molecule has 45 heavy (non-hydrogen) atoms. The van der Waals surface area contributed by atoms with Crippen LogP contribution in [0.4, 0.5) is 4.79 Å². The summed E-state index contributed by atoms with van der Waals surface area (Å²) < 4.78 is 24.0. The molecule has 4 unspecified atom stereocenters. The number of aldehydes is 1. The van der Waals surface area contributed by atoms with E-state index >= 15 is 0 Å². The lowest BCUT2D eigenvalue weighted by Gasteiger charge is -2.48. The molecule has 1 saturated heterocycles. The van der Waals surface area contributed by atoms with Gasteiger partial charge < -0.3 is 39.3 Å². The minimum absolute atomic E-state index is 0.0147. The van der Waals surface area contributed by atoms with Gasteiger partial charge in [0.25, 0.3) is 0 Å². The van der Waals surface area contributed by atoms with Gasteiger partial charge in [-0.1, -0.05) is 77.9 Å². The number of unbranched alkanes of at least 4 members (excludes halogenated alkanes) is 5. The lowest BCUT2D eigenvalue weighted by atomic mass is 9.55. The number of hydrogen-bond donors (Lipinski definition) is 3. The molecule has 1 aliphatic heterocycles. The molecule has 4 bridgehead atoms. The van der Waals surface area contributed by atoms with E-state index < -0.39 is 59.0 Å². The normalized spacial score (nSPS) is 42.9. The maximum absolute atomic E-state index is 13.6. The van der Waals surface area contributed by atoms with Crippen LogP contribution in [0, 0.1) is 45.8 Å². The number of aliphatic carboxylic acids is 1. The number of methoxy groups -OCH3 is 1. The second-order valence-electron chi connectivity index (χ2n) is 14.8. The standard InChI is InChI=1S/C35H55NO9/c1-7-8-9-10-11-12-15-36-32(41)45-29-27(38)30(44-22(5)28(29)42-6)43-19-34-23-16-25(20(2)3)35(34,31(39)40)33(17-23,18-37)24-14-13-21(4)26(24)34/h16,18,20-24,26-30,38H,7-15,17,19H2,1-6H3,(H,36,41)(H,39,40)/t21-,22-,23?,24-,26-,27+,28-,29+,30-,33?,34?,35?/m1/s1. The maximum Gasteiger partial charge on any atom is 0.407 e. The second kappa shape index (κ2) is 13.2. The number of allylic oxidation sites excluding steroid dienone is 1. The highest BCUT2D eigenvalue weighted by molar-refractivity contribution is 5.91. The number of fused-ring (bicyclic) bond motifs is 2. The summed E-state index contributed by atoms with van der Waals surface area (Å²) >= 11 is 0. The molecule has 10 nitrogen and oxygen atoms in total. The highest BCUT2D eigenvalue weighted by atomic mass is 16.7. The van der Waals surface area contributed by atoms with Crippen molar-refractivity contribution in [2.24, 2.45) is 45.8 Å². The third-order valence-corrected chi connectivity index (χ3v) is 12.4. The zero-order valence-electron chi connectivity index (χ0n) is 28.0. The van der Waals surface area contributed by atoms with Crippen LogP contribution in [0.2, 0.25) is 0 Å². The van der Waals surface area contributed by atoms with Crippen LogP contribution in [-0.2, 0) is 28.5 Å². The Bertz CT molecular complexity index is 1140. The van der Waals surface area contributed by atoms with Crippen LogP contribution in [0.3, 0.4) is 0 Å². The van der Waals surface area contributed by atoms with Gasteiger partial charge in [-0.15, -0.1) is 0 Å². The molecule has 4 aliphatic carbocycles. The van der Waals surface area contributed by atoms with Crippen LogP contribution in [-0.4, -0.2) is 79.5 Å². The molecule has 0 aromatic heterocycles. The van der Waals surface area contributed by atoms with Crippen LogP contribution in [0.5, 0.6) is 0 Å². The molecule has 254 valence electrons. The lowest BCUT2D eigenvalue weighted by Crippen LogP contribution is -2.61. The molecule has 5 rings (SSSR count). The molecule has 4 fully saturated rings. The highest BCUT2D eigenvalue weighted by Gasteiger charge is 2.89. The molecule has 0 radical (unpaired) electrons. The first-order valence-corrected chi connectivity index (χ1v) is 17.3. The predicted molar refractivity (Wildman–Crippen MR) is 166 cm³/mol. The fourth-order valence-electron chi connectivity index (χ4n) is 10.8. The van der Waals surface area contributed by atoms with E-state index in [1.165, 1.54) is 26.4 Å². The van der Waals surface area contributed by atoms with Gasteiger partial charge in [-0.05, 0) is 55.8 Å². The lowest BCUT2D eigenvalue weighted by molar-refractivity contribution is -0.305. The number of aliphatic hydroxyl groups is 1. The topological polar surface area (TPSA) is 141 Å². The number of hydrogen-bond acceptors (Lipinski definition) is 8. The number of nitrogens with one attached hydrogen (secondary N) is 1. The van der Waals surface area contributed by atoms with E-state index in [9.17, 15) is 24.6 Å². The van der Waals surface area contributed by atoms with E-state index in [0.717, 1.165) is 44.0 Å². The quantitative estimate of drug-likeness (QED) is 0.127. The van der Waals surface area contributed by atoms with E-state index in [2.05, 4.69) is 25.2 Å². The van der Waals surface area contributed by atoms with Crippen LogP contribution < -0.4 is 5.32 Å². The Labute approximate surface area is 268 Å². The Kier molecular flexibility index (Phi) is 10.1. The number of ether oxygens (including phenoxy) is 4. The Hall–Kier alpha value is -2.01. The first kappa shape index (κ1) is 34.3. The molecule has 1 amide bonds. The van der Waals surface area contributed by atoms with Crippen molar-refractivity contribution in [2.75, 3.05) is 20.3 Å². The zero-order valence-corrected chi connectivity index (χ0v) is 28.0. The molecular formula is C35H55NO9. The van der Waals surface area contributed by atoms with Gasteiger partial charge in [-0.25, -0.2) is 4.79 Å². The van der Waals surface area contributed by atoms with Crippen LogP contribution >= 0.6 is 0 Å². The fourth-order valence-corrected chi connectivity index (χ4v) is 10.8. The molecular weight excluding hydrogens is 578 g/mol. The van der Waals surface area contributed by atoms with Gasteiger partial charge in [-0.2, -0.15) is 0 Å². The Balaban J connectivity index is 1.35. The van der Waals surface area contributed by atoms with E-state index in [1.807, 2.05) is 13.8 Å². The number of aliphatic hydroxyl groups excluding tert-OH is 1. The summed E-state index contributed by atoms with van der Waals surface area (Å²) in [7, 11) is 1.48. The summed E-state index contributed by atoms with van der Waals surface area (Å²) in [5, 5.41) is 25.5. The second-order valence-corrected chi connectivity index (χ2v) is 14.8. The molecule has 0 spiro atoms. The maximum atomic E-state index is 13.6. The summed E-state index contributed by atoms with van der Waals surface area (Å²) in [6.45, 7) is 10.6. The number of carboxylic acid groups (broad SMARTS) is 1. The number of carboxylic acids is 1. The van der Waals surface area contributed by atoms with Gasteiger partial charge >= 0.3 is 12.1 Å². The summed E-state index contributed by atoms with van der Waals surface area (Å²) in [6.07, 6.45) is 6.36. The molecule has 0 aromatic rings. The fraction of sp³-hybridized carbons (Fsp3) is 0.857. The van der Waals surface area contributed by atoms with Crippen molar-refractivity contribution in [1.29, 1.82) is 0 Å². The third kappa shape index (κ3) is 4.99. The predicted octanol–water partition coefficient (Wildman–Crippen LogP) is 5.11. The van der Waals surface area contributed by atoms with Gasteiger partial charge in [0, 0.05) is 19.1 Å². The van der Waals surface area contributed by atoms with Crippen LogP contribution in [0.1, 0.15) is 92.4 Å². The zero-order chi connectivity index (χ0) is 32.7. The summed E-state index contributed by atoms with van der Waals surface area (Å²) in [4.78, 5) is 39.6. The molecule has 5 aliphatic rings. The molecule has 10 heteroatoms. The third-order valence-electron chi connectivity index (χ3n) is 12.4.